The zero-order valence-electron chi connectivity index (χ0n) is 14.9. The molecule has 2 aromatic rings. The van der Waals surface area contributed by atoms with Crippen molar-refractivity contribution in [2.45, 2.75) is 17.7 Å². The van der Waals surface area contributed by atoms with Crippen molar-refractivity contribution in [2.24, 2.45) is 5.92 Å². The molecular formula is C17H18ClN3O5S2. The van der Waals surface area contributed by atoms with Crippen molar-refractivity contribution in [2.75, 3.05) is 25.5 Å². The highest BCUT2D eigenvalue weighted by Gasteiger charge is 2.35. The molecule has 1 atom stereocenters. The molecule has 1 unspecified atom stereocenters. The molecule has 2 heterocycles. The lowest BCUT2D eigenvalue weighted by atomic mass is 9.99. The van der Waals surface area contributed by atoms with E-state index >= 15 is 0 Å². The molecule has 28 heavy (non-hydrogen) atoms. The molecule has 0 spiro atoms. The van der Waals surface area contributed by atoms with Crippen LogP contribution in [0.5, 0.6) is 0 Å². The van der Waals surface area contributed by atoms with Gasteiger partial charge in [-0.3, -0.25) is 4.79 Å². The standard InChI is InChI=1S/C17H18ClN3O5S2/c1-26-16(23)11-4-5-13(18)14(9-11)28(24,25)21-7-2-3-12(10-21)15(22)20-17-19-6-8-27-17/h4-6,8-9,12H,2-3,7,10H2,1H3,(H,19,20,22). The van der Waals surface area contributed by atoms with Gasteiger partial charge in [-0.2, -0.15) is 4.31 Å². The topological polar surface area (TPSA) is 106 Å². The number of ether oxygens (including phenoxy) is 1. The fourth-order valence-electron chi connectivity index (χ4n) is 2.95. The van der Waals surface area contributed by atoms with Gasteiger partial charge in [0.1, 0.15) is 4.90 Å². The minimum atomic E-state index is -3.98. The molecular weight excluding hydrogens is 426 g/mol. The normalized spacial score (nSPS) is 17.9. The number of anilines is 1. The number of thiazole rings is 1. The number of esters is 1. The second-order valence-corrected chi connectivity index (χ2v) is 9.37. The number of aromatic nitrogens is 1. The van der Waals surface area contributed by atoms with E-state index in [0.717, 1.165) is 0 Å². The summed E-state index contributed by atoms with van der Waals surface area (Å²) >= 11 is 7.39. The summed E-state index contributed by atoms with van der Waals surface area (Å²) in [7, 11) is -2.78. The van der Waals surface area contributed by atoms with E-state index in [9.17, 15) is 18.0 Å². The first kappa shape index (κ1) is 20.7. The van der Waals surface area contributed by atoms with Crippen LogP contribution in [-0.4, -0.2) is 49.8 Å². The fourth-order valence-corrected chi connectivity index (χ4v) is 5.51. The van der Waals surface area contributed by atoms with Gasteiger partial charge in [0.15, 0.2) is 5.13 Å². The Labute approximate surface area is 171 Å². The molecule has 1 aromatic heterocycles. The lowest BCUT2D eigenvalue weighted by Crippen LogP contribution is -2.43. The number of amides is 1. The first-order chi connectivity index (χ1) is 13.3. The van der Waals surface area contributed by atoms with Crippen LogP contribution in [0.15, 0.2) is 34.7 Å². The predicted octanol–water partition coefficient (Wildman–Crippen LogP) is 2.62. The summed E-state index contributed by atoms with van der Waals surface area (Å²) in [6, 6.07) is 3.94. The average Bonchev–Trinajstić information content (AvgIpc) is 3.20. The van der Waals surface area contributed by atoms with Crippen LogP contribution in [0.2, 0.25) is 5.02 Å². The summed E-state index contributed by atoms with van der Waals surface area (Å²) < 4.78 is 32.1. The van der Waals surface area contributed by atoms with Crippen LogP contribution in [0.3, 0.4) is 0 Å². The first-order valence-electron chi connectivity index (χ1n) is 8.41. The Hall–Kier alpha value is -2.01. The molecule has 0 radical (unpaired) electrons. The van der Waals surface area contributed by atoms with Crippen molar-refractivity contribution in [1.29, 1.82) is 0 Å². The smallest absolute Gasteiger partial charge is 0.337 e. The molecule has 1 amide bonds. The zero-order valence-corrected chi connectivity index (χ0v) is 17.3. The van der Waals surface area contributed by atoms with Crippen molar-refractivity contribution in [3.8, 4) is 0 Å². The Bertz CT molecular complexity index is 979. The van der Waals surface area contributed by atoms with Crippen molar-refractivity contribution < 1.29 is 22.7 Å². The van der Waals surface area contributed by atoms with E-state index < -0.39 is 21.9 Å². The number of hydrogen-bond acceptors (Lipinski definition) is 7. The van der Waals surface area contributed by atoms with Crippen molar-refractivity contribution in [3.05, 3.63) is 40.4 Å². The van der Waals surface area contributed by atoms with Gasteiger partial charge in [0.05, 0.1) is 23.6 Å². The molecule has 150 valence electrons. The Balaban J connectivity index is 1.81. The maximum absolute atomic E-state index is 13.1. The largest absolute Gasteiger partial charge is 0.465 e. The van der Waals surface area contributed by atoms with Gasteiger partial charge in [0.25, 0.3) is 0 Å². The van der Waals surface area contributed by atoms with Crippen molar-refractivity contribution in [3.63, 3.8) is 0 Å². The maximum atomic E-state index is 13.1. The van der Waals surface area contributed by atoms with Gasteiger partial charge in [-0.05, 0) is 31.0 Å². The van der Waals surface area contributed by atoms with Crippen molar-refractivity contribution >= 4 is 50.0 Å². The zero-order chi connectivity index (χ0) is 20.3. The third-order valence-electron chi connectivity index (χ3n) is 4.39. The first-order valence-corrected chi connectivity index (χ1v) is 11.1. The van der Waals surface area contributed by atoms with E-state index in [1.54, 1.807) is 11.6 Å². The summed E-state index contributed by atoms with van der Waals surface area (Å²) in [5.74, 6) is -1.44. The van der Waals surface area contributed by atoms with Gasteiger partial charge in [-0.1, -0.05) is 11.6 Å². The molecule has 0 saturated carbocycles. The Morgan fingerprint density at radius 2 is 2.18 bits per heavy atom. The summed E-state index contributed by atoms with van der Waals surface area (Å²) in [5, 5.41) is 4.92. The minimum absolute atomic E-state index is 0.00186. The molecule has 1 aliphatic rings. The number of halogens is 1. The minimum Gasteiger partial charge on any atom is -0.465 e. The lowest BCUT2D eigenvalue weighted by Gasteiger charge is -2.31. The Morgan fingerprint density at radius 1 is 1.39 bits per heavy atom. The summed E-state index contributed by atoms with van der Waals surface area (Å²) in [5.41, 5.74) is 0.0838. The van der Waals surface area contributed by atoms with E-state index in [2.05, 4.69) is 15.0 Å². The maximum Gasteiger partial charge on any atom is 0.337 e. The van der Waals surface area contributed by atoms with Crippen LogP contribution in [0, 0.1) is 5.92 Å². The molecule has 1 aromatic carbocycles. The number of rotatable bonds is 5. The number of nitrogens with zero attached hydrogens (tertiary/aromatic N) is 2. The molecule has 8 nitrogen and oxygen atoms in total. The SMILES string of the molecule is COC(=O)c1ccc(Cl)c(S(=O)(=O)N2CCCC(C(=O)Nc3nccs3)C2)c1. The monoisotopic (exact) mass is 443 g/mol. The average molecular weight is 444 g/mol. The quantitative estimate of drug-likeness (QED) is 0.712. The predicted molar refractivity (Wildman–Crippen MR) is 105 cm³/mol. The van der Waals surface area contributed by atoms with Crippen LogP contribution in [-0.2, 0) is 19.6 Å². The Kier molecular flexibility index (Phi) is 6.33. The number of benzene rings is 1. The lowest BCUT2D eigenvalue weighted by molar-refractivity contribution is -0.120. The number of carbonyl (C=O) groups is 2. The molecule has 1 fully saturated rings. The van der Waals surface area contributed by atoms with Gasteiger partial charge >= 0.3 is 5.97 Å². The highest BCUT2D eigenvalue weighted by Crippen LogP contribution is 2.30. The number of nitrogens with one attached hydrogen (secondary N) is 1. The second kappa shape index (κ2) is 8.56. The molecule has 1 N–H and O–H groups in total. The summed E-state index contributed by atoms with van der Waals surface area (Å²) in [4.78, 5) is 28.0. The van der Waals surface area contributed by atoms with Crippen LogP contribution in [0.1, 0.15) is 23.2 Å². The van der Waals surface area contributed by atoms with E-state index in [4.69, 9.17) is 11.6 Å². The van der Waals surface area contributed by atoms with Crippen LogP contribution >= 0.6 is 22.9 Å². The van der Waals surface area contributed by atoms with E-state index in [-0.39, 0.29) is 34.5 Å². The van der Waals surface area contributed by atoms with Gasteiger partial charge in [0.2, 0.25) is 15.9 Å². The third kappa shape index (κ3) is 4.35. The van der Waals surface area contributed by atoms with E-state index in [1.807, 2.05) is 0 Å². The van der Waals surface area contributed by atoms with Crippen LogP contribution < -0.4 is 5.32 Å². The van der Waals surface area contributed by atoms with Crippen LogP contribution in [0.4, 0.5) is 5.13 Å². The molecule has 0 aliphatic carbocycles. The third-order valence-corrected chi connectivity index (χ3v) is 7.42. The van der Waals surface area contributed by atoms with E-state index in [1.165, 1.54) is 41.0 Å². The number of hydrogen-bond donors (Lipinski definition) is 1. The molecule has 3 rings (SSSR count). The molecule has 0 bridgehead atoms. The number of carbonyl (C=O) groups excluding carboxylic acids is 2. The molecule has 1 saturated heterocycles. The number of methoxy groups -OCH3 is 1. The van der Waals surface area contributed by atoms with Gasteiger partial charge in [0, 0.05) is 24.7 Å². The molecule has 11 heteroatoms. The number of sulfonamides is 1. The van der Waals surface area contributed by atoms with Gasteiger partial charge < -0.3 is 10.1 Å². The van der Waals surface area contributed by atoms with E-state index in [0.29, 0.717) is 18.0 Å². The van der Waals surface area contributed by atoms with Gasteiger partial charge in [-0.15, -0.1) is 11.3 Å². The second-order valence-electron chi connectivity index (χ2n) is 6.17. The van der Waals surface area contributed by atoms with Gasteiger partial charge in [-0.25, -0.2) is 18.2 Å². The van der Waals surface area contributed by atoms with Crippen LogP contribution in [0.25, 0.3) is 0 Å². The summed E-state index contributed by atoms with van der Waals surface area (Å²) in [6.07, 6.45) is 2.68. The van der Waals surface area contributed by atoms with Crippen molar-refractivity contribution in [1.82, 2.24) is 9.29 Å². The summed E-state index contributed by atoms with van der Waals surface area (Å²) in [6.45, 7) is 0.292. The molecule has 1 aliphatic heterocycles. The number of piperidine rings is 1. The highest BCUT2D eigenvalue weighted by atomic mass is 35.5. The Morgan fingerprint density at radius 3 is 2.86 bits per heavy atom. The highest BCUT2D eigenvalue weighted by molar-refractivity contribution is 7.89. The fraction of sp³-hybridized carbons (Fsp3) is 0.353.